The molecule has 0 fully saturated rings. The Hall–Kier alpha value is -1.81. The van der Waals surface area contributed by atoms with Crippen LogP contribution in [0.25, 0.3) is 0 Å². The monoisotopic (exact) mass is 345 g/mol. The molecule has 0 aliphatic heterocycles. The average Bonchev–Trinajstić information content (AvgIpc) is 2.47. The zero-order valence-corrected chi connectivity index (χ0v) is 13.9. The number of guanidine groups is 1. The standard InChI is InChI=1S/C17H20BrN3/c1-17(2,14-10-6-7-11-15(14)18)12-20-16(19)21-13-8-4-3-5-9-13/h3-11H,12H2,1-2H3,(H3,19,20,21). The van der Waals surface area contributed by atoms with Crippen molar-refractivity contribution < 1.29 is 0 Å². The molecule has 0 heterocycles. The molecule has 2 rings (SSSR count). The van der Waals surface area contributed by atoms with Gasteiger partial charge in [0.2, 0.25) is 0 Å². The summed E-state index contributed by atoms with van der Waals surface area (Å²) in [6.07, 6.45) is 0. The maximum absolute atomic E-state index is 5.96. The van der Waals surface area contributed by atoms with Crippen LogP contribution in [0.3, 0.4) is 0 Å². The van der Waals surface area contributed by atoms with Gasteiger partial charge in [0.05, 0.1) is 6.54 Å². The zero-order valence-electron chi connectivity index (χ0n) is 12.3. The highest BCUT2D eigenvalue weighted by Crippen LogP contribution is 2.30. The Morgan fingerprint density at radius 3 is 2.38 bits per heavy atom. The Morgan fingerprint density at radius 2 is 1.71 bits per heavy atom. The van der Waals surface area contributed by atoms with Gasteiger partial charge in [0.1, 0.15) is 0 Å². The van der Waals surface area contributed by atoms with E-state index in [1.54, 1.807) is 0 Å². The fourth-order valence-corrected chi connectivity index (χ4v) is 2.91. The lowest BCUT2D eigenvalue weighted by Gasteiger charge is -2.24. The van der Waals surface area contributed by atoms with Crippen molar-refractivity contribution in [2.24, 2.45) is 10.7 Å². The molecule has 0 unspecified atom stereocenters. The van der Waals surface area contributed by atoms with Gasteiger partial charge in [-0.1, -0.05) is 66.2 Å². The minimum atomic E-state index is -0.0942. The smallest absolute Gasteiger partial charge is 0.193 e. The molecule has 0 saturated carbocycles. The van der Waals surface area contributed by atoms with Gasteiger partial charge in [0.25, 0.3) is 0 Å². The Balaban J connectivity index is 2.07. The number of nitrogens with zero attached hydrogens (tertiary/aromatic N) is 1. The predicted molar refractivity (Wildman–Crippen MR) is 93.7 cm³/mol. The molecule has 0 spiro atoms. The summed E-state index contributed by atoms with van der Waals surface area (Å²) >= 11 is 3.60. The Bertz CT molecular complexity index is 621. The van der Waals surface area contributed by atoms with E-state index in [0.29, 0.717) is 12.5 Å². The minimum Gasteiger partial charge on any atom is -0.370 e. The Kier molecular flexibility index (Phi) is 5.02. The lowest BCUT2D eigenvalue weighted by atomic mass is 9.85. The molecule has 110 valence electrons. The van der Waals surface area contributed by atoms with E-state index in [0.717, 1.165) is 10.2 Å². The van der Waals surface area contributed by atoms with Crippen LogP contribution in [0.5, 0.6) is 0 Å². The normalized spacial score (nSPS) is 12.2. The van der Waals surface area contributed by atoms with Gasteiger partial charge in [-0.15, -0.1) is 0 Å². The highest BCUT2D eigenvalue weighted by atomic mass is 79.9. The number of halogens is 1. The molecule has 3 N–H and O–H groups in total. The van der Waals surface area contributed by atoms with E-state index in [1.807, 2.05) is 48.5 Å². The molecule has 0 atom stereocenters. The first-order chi connectivity index (χ1) is 9.99. The fraction of sp³-hybridized carbons (Fsp3) is 0.235. The maximum atomic E-state index is 5.96. The van der Waals surface area contributed by atoms with E-state index in [-0.39, 0.29) is 5.41 Å². The number of para-hydroxylation sites is 1. The Labute approximate surface area is 134 Å². The molecule has 0 bridgehead atoms. The molecule has 0 amide bonds. The number of hydrogen-bond donors (Lipinski definition) is 2. The molecular formula is C17H20BrN3. The quantitative estimate of drug-likeness (QED) is 0.645. The summed E-state index contributed by atoms with van der Waals surface area (Å²) in [5, 5.41) is 3.10. The van der Waals surface area contributed by atoms with Crippen molar-refractivity contribution in [3.63, 3.8) is 0 Å². The van der Waals surface area contributed by atoms with Gasteiger partial charge in [0, 0.05) is 15.6 Å². The van der Waals surface area contributed by atoms with Crippen molar-refractivity contribution in [2.75, 3.05) is 11.9 Å². The van der Waals surface area contributed by atoms with Gasteiger partial charge < -0.3 is 11.1 Å². The van der Waals surface area contributed by atoms with Gasteiger partial charge in [-0.2, -0.15) is 0 Å². The molecule has 21 heavy (non-hydrogen) atoms. The lowest BCUT2D eigenvalue weighted by Crippen LogP contribution is -2.28. The molecule has 0 saturated heterocycles. The fourth-order valence-electron chi connectivity index (χ4n) is 2.09. The number of hydrogen-bond acceptors (Lipinski definition) is 1. The van der Waals surface area contributed by atoms with Crippen LogP contribution in [0.15, 0.2) is 64.1 Å². The Morgan fingerprint density at radius 1 is 1.10 bits per heavy atom. The molecule has 3 nitrogen and oxygen atoms in total. The van der Waals surface area contributed by atoms with Gasteiger partial charge >= 0.3 is 0 Å². The molecule has 4 heteroatoms. The second kappa shape index (κ2) is 6.76. The van der Waals surface area contributed by atoms with Crippen molar-refractivity contribution >= 4 is 27.6 Å². The summed E-state index contributed by atoms with van der Waals surface area (Å²) in [7, 11) is 0. The summed E-state index contributed by atoms with van der Waals surface area (Å²) < 4.78 is 1.10. The minimum absolute atomic E-state index is 0.0942. The van der Waals surface area contributed by atoms with E-state index in [9.17, 15) is 0 Å². The molecule has 0 aliphatic rings. The van der Waals surface area contributed by atoms with E-state index in [2.05, 4.69) is 46.2 Å². The van der Waals surface area contributed by atoms with Crippen LogP contribution in [0.2, 0.25) is 0 Å². The van der Waals surface area contributed by atoms with Crippen molar-refractivity contribution in [1.29, 1.82) is 0 Å². The third kappa shape index (κ3) is 4.33. The molecular weight excluding hydrogens is 326 g/mol. The number of rotatable bonds is 4. The van der Waals surface area contributed by atoms with E-state index in [1.165, 1.54) is 5.56 Å². The third-order valence-corrected chi connectivity index (χ3v) is 3.99. The number of anilines is 1. The first kappa shape index (κ1) is 15.6. The SMILES string of the molecule is CC(C)(CN=C(N)Nc1ccccc1)c1ccccc1Br. The first-order valence-corrected chi connectivity index (χ1v) is 7.65. The topological polar surface area (TPSA) is 50.4 Å². The van der Waals surface area contributed by atoms with Gasteiger partial charge in [-0.25, -0.2) is 0 Å². The van der Waals surface area contributed by atoms with Crippen LogP contribution in [-0.2, 0) is 5.41 Å². The summed E-state index contributed by atoms with van der Waals surface area (Å²) in [5.74, 6) is 0.432. The first-order valence-electron chi connectivity index (χ1n) is 6.86. The molecule has 0 radical (unpaired) electrons. The van der Waals surface area contributed by atoms with Crippen LogP contribution in [0, 0.1) is 0 Å². The molecule has 0 aliphatic carbocycles. The second-order valence-electron chi connectivity index (χ2n) is 5.56. The summed E-state index contributed by atoms with van der Waals surface area (Å²) in [6, 6.07) is 18.0. The summed E-state index contributed by atoms with van der Waals surface area (Å²) in [6.45, 7) is 4.93. The lowest BCUT2D eigenvalue weighted by molar-refractivity contribution is 0.537. The molecule has 2 aromatic rings. The largest absolute Gasteiger partial charge is 0.370 e. The average molecular weight is 346 g/mol. The van der Waals surface area contributed by atoms with Crippen LogP contribution < -0.4 is 11.1 Å². The number of nitrogens with one attached hydrogen (secondary N) is 1. The highest BCUT2D eigenvalue weighted by molar-refractivity contribution is 9.10. The van der Waals surface area contributed by atoms with Gasteiger partial charge in [0.15, 0.2) is 5.96 Å². The van der Waals surface area contributed by atoms with Gasteiger partial charge in [-0.3, -0.25) is 4.99 Å². The van der Waals surface area contributed by atoms with Crippen molar-refractivity contribution in [1.82, 2.24) is 0 Å². The van der Waals surface area contributed by atoms with Crippen LogP contribution in [0.1, 0.15) is 19.4 Å². The number of benzene rings is 2. The summed E-state index contributed by atoms with van der Waals surface area (Å²) in [5.41, 5.74) is 8.03. The van der Waals surface area contributed by atoms with Crippen LogP contribution in [0.4, 0.5) is 5.69 Å². The van der Waals surface area contributed by atoms with Gasteiger partial charge in [-0.05, 0) is 23.8 Å². The second-order valence-corrected chi connectivity index (χ2v) is 6.41. The van der Waals surface area contributed by atoms with Crippen molar-refractivity contribution in [2.45, 2.75) is 19.3 Å². The van der Waals surface area contributed by atoms with E-state index < -0.39 is 0 Å². The van der Waals surface area contributed by atoms with Crippen LogP contribution >= 0.6 is 15.9 Å². The van der Waals surface area contributed by atoms with Crippen LogP contribution in [-0.4, -0.2) is 12.5 Å². The maximum Gasteiger partial charge on any atom is 0.193 e. The highest BCUT2D eigenvalue weighted by Gasteiger charge is 2.22. The number of nitrogens with two attached hydrogens (primary N) is 1. The molecule has 0 aromatic heterocycles. The van der Waals surface area contributed by atoms with E-state index >= 15 is 0 Å². The predicted octanol–water partition coefficient (Wildman–Crippen LogP) is 4.15. The third-order valence-electron chi connectivity index (χ3n) is 3.29. The zero-order chi connectivity index (χ0) is 15.3. The summed E-state index contributed by atoms with van der Waals surface area (Å²) in [4.78, 5) is 4.47. The van der Waals surface area contributed by atoms with Crippen molar-refractivity contribution in [3.05, 3.63) is 64.6 Å². The molecule has 2 aromatic carbocycles. The number of aliphatic imine (C=N–C) groups is 1. The van der Waals surface area contributed by atoms with Crippen molar-refractivity contribution in [3.8, 4) is 0 Å². The van der Waals surface area contributed by atoms with E-state index in [4.69, 9.17) is 5.73 Å².